The number of hydrogen-bond acceptors (Lipinski definition) is 17. The highest BCUT2D eigenvalue weighted by Gasteiger charge is 2.53. The van der Waals surface area contributed by atoms with Crippen molar-refractivity contribution in [2.75, 3.05) is 48.0 Å². The third kappa shape index (κ3) is 14.1. The number of ether oxygens (including phenoxy) is 8. The van der Waals surface area contributed by atoms with Gasteiger partial charge in [-0.3, -0.25) is 9.59 Å². The summed E-state index contributed by atoms with van der Waals surface area (Å²) < 4.78 is 52.7. The van der Waals surface area contributed by atoms with Crippen LogP contribution < -0.4 is 5.43 Å². The summed E-state index contributed by atoms with van der Waals surface area (Å²) in [5.41, 5.74) is -3.83. The molecule has 3 fully saturated rings. The van der Waals surface area contributed by atoms with Crippen LogP contribution in [0.4, 0.5) is 0 Å². The molecule has 0 spiro atoms. The van der Waals surface area contributed by atoms with E-state index in [-0.39, 0.29) is 56.1 Å². The molecule has 3 aliphatic rings. The topological polar surface area (TPSA) is 238 Å². The number of esters is 1. The number of aliphatic hydroxyl groups excluding tert-OH is 2. The van der Waals surface area contributed by atoms with E-state index in [4.69, 9.17) is 37.9 Å². The van der Waals surface area contributed by atoms with E-state index in [0.29, 0.717) is 30.3 Å². The molecule has 0 aliphatic carbocycles. The summed E-state index contributed by atoms with van der Waals surface area (Å²) in [6.07, 6.45) is -3.09. The number of rotatable bonds is 15. The Morgan fingerprint density at radius 3 is 2.27 bits per heavy atom. The molecule has 1 aromatic carbocycles. The largest absolute Gasteiger partial charge is 0.499 e. The van der Waals surface area contributed by atoms with Crippen LogP contribution in [0.3, 0.4) is 0 Å². The average Bonchev–Trinajstić information content (AvgIpc) is 3.32. The fourth-order valence-corrected chi connectivity index (χ4v) is 11.4. The minimum Gasteiger partial charge on any atom is -0.499 e. The Morgan fingerprint density at radius 2 is 1.64 bits per heavy atom. The van der Waals surface area contributed by atoms with E-state index >= 15 is 0 Å². The molecule has 19 heteroatoms. The van der Waals surface area contributed by atoms with Gasteiger partial charge in [-0.25, -0.2) is 4.79 Å². The fourth-order valence-electron chi connectivity index (χ4n) is 11.4. The maximum Gasteiger partial charge on any atom is 0.341 e. The smallest absolute Gasteiger partial charge is 0.341 e. The first-order valence-corrected chi connectivity index (χ1v) is 25.9. The molecule has 0 amide bonds. The highest BCUT2D eigenvalue weighted by Crippen LogP contribution is 2.41. The van der Waals surface area contributed by atoms with Crippen molar-refractivity contribution in [2.45, 2.75) is 192 Å². The molecule has 414 valence electrons. The second-order valence-corrected chi connectivity index (χ2v) is 22.1. The molecule has 1 aromatic heterocycles. The summed E-state index contributed by atoms with van der Waals surface area (Å²) in [7, 11) is 8.87. The monoisotopic (exact) mass is 1030 g/mol. The van der Waals surface area contributed by atoms with E-state index in [1.165, 1.54) is 13.1 Å². The minimum absolute atomic E-state index is 0.154. The van der Waals surface area contributed by atoms with E-state index < -0.39 is 107 Å². The summed E-state index contributed by atoms with van der Waals surface area (Å²) in [5, 5.41) is 57.9. The normalized spacial score (nSPS) is 38.8. The van der Waals surface area contributed by atoms with E-state index in [2.05, 4.69) is 0 Å². The Morgan fingerprint density at radius 1 is 0.959 bits per heavy atom. The van der Waals surface area contributed by atoms with E-state index in [9.17, 15) is 39.9 Å². The molecule has 3 aliphatic heterocycles. The minimum atomic E-state index is -1.84. The Balaban J connectivity index is 1.37. The molecule has 0 radical (unpaired) electrons. The van der Waals surface area contributed by atoms with Gasteiger partial charge in [0.15, 0.2) is 12.6 Å². The molecule has 5 N–H and O–H groups in total. The lowest BCUT2D eigenvalue weighted by Crippen LogP contribution is -2.61. The Labute approximate surface area is 431 Å². The second-order valence-electron chi connectivity index (χ2n) is 22.1. The number of hydrogen-bond donors (Lipinski definition) is 5. The lowest BCUT2D eigenvalue weighted by Gasteiger charge is -2.49. The Hall–Kier alpha value is -3.57. The third-order valence-corrected chi connectivity index (χ3v) is 15.7. The van der Waals surface area contributed by atoms with Crippen molar-refractivity contribution in [1.29, 1.82) is 0 Å². The predicted molar refractivity (Wildman–Crippen MR) is 273 cm³/mol. The van der Waals surface area contributed by atoms with Crippen molar-refractivity contribution in [3.8, 4) is 0 Å². The number of pyridine rings is 1. The van der Waals surface area contributed by atoms with Crippen LogP contribution in [0.5, 0.6) is 0 Å². The summed E-state index contributed by atoms with van der Waals surface area (Å²) in [6.45, 7) is 18.6. The molecule has 3 saturated heterocycles. The fraction of sp³-hybridized carbons (Fsp3) is 0.759. The molecule has 73 heavy (non-hydrogen) atoms. The number of aromatic nitrogens is 1. The van der Waals surface area contributed by atoms with Crippen molar-refractivity contribution in [2.24, 2.45) is 24.8 Å². The van der Waals surface area contributed by atoms with Gasteiger partial charge < -0.3 is 77.8 Å². The number of aromatic carboxylic acids is 1. The van der Waals surface area contributed by atoms with E-state index in [1.807, 2.05) is 71.6 Å². The summed E-state index contributed by atoms with van der Waals surface area (Å²) in [5.74, 6) is -4.03. The maximum atomic E-state index is 14.6. The summed E-state index contributed by atoms with van der Waals surface area (Å²) in [6, 6.07) is 4.47. The molecule has 5 rings (SSSR count). The first kappa shape index (κ1) is 60.3. The van der Waals surface area contributed by atoms with Gasteiger partial charge in [0.2, 0.25) is 5.43 Å². The van der Waals surface area contributed by atoms with Crippen molar-refractivity contribution in [3.05, 3.63) is 58.1 Å². The SMILES string of the molecule is CC[C@H]1OC(=O)[C@H](C)[C@@H](OC2C[C@@](C)(OC)[C@@H](OCCOC=CCc3ccc4c(c3)c(=O)c(C(=O)O)cn4C)[C@H](C)O2)[C@H](C)[C@@H](O[C@@H]2O[C@H](C)C[C@H](N(C)C)[C@H]2O)[C@](C)(O)C[C@@H](C)CN(C)[C@H](C)[C@H](O)[C@]1(C)O. The van der Waals surface area contributed by atoms with Crippen molar-refractivity contribution in [3.63, 3.8) is 0 Å². The lowest BCUT2D eigenvalue weighted by atomic mass is 9.77. The number of likely N-dealkylation sites (N-methyl/N-ethyl adjacent to an activating group) is 2. The zero-order chi connectivity index (χ0) is 54.5. The number of carboxylic acid groups (broad SMARTS) is 1. The number of benzene rings is 1. The van der Waals surface area contributed by atoms with E-state index in [0.717, 1.165) is 5.56 Å². The van der Waals surface area contributed by atoms with Gasteiger partial charge in [-0.05, 0) is 125 Å². The lowest BCUT2D eigenvalue weighted by molar-refractivity contribution is -0.321. The van der Waals surface area contributed by atoms with Gasteiger partial charge in [0.1, 0.15) is 42.2 Å². The number of aryl methyl sites for hydroxylation is 1. The van der Waals surface area contributed by atoms with Crippen molar-refractivity contribution >= 4 is 22.8 Å². The highest BCUT2D eigenvalue weighted by atomic mass is 16.7. The molecule has 1 unspecified atom stereocenters. The Kier molecular flexibility index (Phi) is 20.7. The first-order chi connectivity index (χ1) is 34.1. The van der Waals surface area contributed by atoms with Crippen LogP contribution in [0, 0.1) is 17.8 Å². The average molecular weight is 1030 g/mol. The molecule has 0 bridgehead atoms. The number of aliphatic hydroxyl groups is 4. The highest BCUT2D eigenvalue weighted by molar-refractivity contribution is 5.92. The molecule has 0 saturated carbocycles. The van der Waals surface area contributed by atoms with Crippen molar-refractivity contribution < 1.29 is 73.0 Å². The number of carbonyl (C=O) groups excluding carboxylic acids is 1. The van der Waals surface area contributed by atoms with Gasteiger partial charge in [-0.2, -0.15) is 0 Å². The molecule has 18 atom stereocenters. The van der Waals surface area contributed by atoms with Crippen LogP contribution >= 0.6 is 0 Å². The number of fused-ring (bicyclic) bond motifs is 1. The van der Waals surface area contributed by atoms with Crippen LogP contribution in [0.25, 0.3) is 10.9 Å². The van der Waals surface area contributed by atoms with Gasteiger partial charge in [-0.15, -0.1) is 0 Å². The van der Waals surface area contributed by atoms with Crippen LogP contribution in [0.1, 0.15) is 111 Å². The number of allylic oxidation sites excluding steroid dienone is 1. The number of nitrogens with zero attached hydrogens (tertiary/aromatic N) is 3. The standard InChI is InChI=1S/C54H87N3O16/c1-16-41-54(10,65)46(60)34(6)56(13)28-30(2)26-52(8,64)47(73-51-44(59)40(55(11)12)24-31(3)69-51)32(4)45(33(5)50(63)71-41)72-42-27-53(9,66-15)48(35(7)70-42)68-23-22-67-21-17-18-36-19-20-39-37(25-36)43(58)38(49(61)62)29-57(39)14/h17,19-21,25,29-35,40-42,44-48,51,59-60,64-65H,16,18,22-24,26-28H2,1-15H3,(H,61,62)/t30-,31-,32+,33-,34-,35+,40+,41-,42?,44-,45+,46+,47-,48+,51+,52-,53-,54-/m1/s1. The van der Waals surface area contributed by atoms with Gasteiger partial charge in [0.25, 0.3) is 0 Å². The number of cyclic esters (lactones) is 1. The number of carboxylic acids is 1. The van der Waals surface area contributed by atoms with Gasteiger partial charge in [0, 0.05) is 56.7 Å². The van der Waals surface area contributed by atoms with Crippen LogP contribution in [0.2, 0.25) is 0 Å². The summed E-state index contributed by atoms with van der Waals surface area (Å²) >= 11 is 0. The maximum absolute atomic E-state index is 14.6. The third-order valence-electron chi connectivity index (χ3n) is 15.7. The van der Waals surface area contributed by atoms with Gasteiger partial charge in [0.05, 0.1) is 59.9 Å². The summed E-state index contributed by atoms with van der Waals surface area (Å²) in [4.78, 5) is 42.9. The zero-order valence-electron chi connectivity index (χ0n) is 45.8. The molecule has 19 nitrogen and oxygen atoms in total. The Bertz CT molecular complexity index is 2240. The molecule has 2 aromatic rings. The quantitative estimate of drug-likeness (QED) is 0.0953. The van der Waals surface area contributed by atoms with Gasteiger partial charge in [-0.1, -0.05) is 26.8 Å². The molecular formula is C54H87N3O16. The van der Waals surface area contributed by atoms with Crippen LogP contribution in [-0.4, -0.2) is 190 Å². The first-order valence-electron chi connectivity index (χ1n) is 25.9. The van der Waals surface area contributed by atoms with Gasteiger partial charge >= 0.3 is 11.9 Å². The zero-order valence-corrected chi connectivity index (χ0v) is 45.8. The van der Waals surface area contributed by atoms with Crippen LogP contribution in [0.15, 0.2) is 41.5 Å². The number of carbonyl (C=O) groups is 2. The van der Waals surface area contributed by atoms with Crippen molar-refractivity contribution in [1.82, 2.24) is 14.4 Å². The van der Waals surface area contributed by atoms with Crippen LogP contribution in [-0.2, 0) is 56.2 Å². The number of methoxy groups -OCH3 is 1. The second kappa shape index (κ2) is 25.1. The predicted octanol–water partition coefficient (Wildman–Crippen LogP) is 4.25. The molecular weight excluding hydrogens is 947 g/mol. The van der Waals surface area contributed by atoms with E-state index in [1.54, 1.807) is 70.9 Å². The molecule has 4 heterocycles.